The lowest BCUT2D eigenvalue weighted by atomic mass is 9.82. The fourth-order valence-electron chi connectivity index (χ4n) is 5.05. The number of hydrogen-bond acceptors (Lipinski definition) is 4. The first-order chi connectivity index (χ1) is 15.5. The summed E-state index contributed by atoms with van der Waals surface area (Å²) in [5.74, 6) is 1.17. The van der Waals surface area contributed by atoms with E-state index in [9.17, 15) is 14.7 Å². The smallest absolute Gasteiger partial charge is 0.256 e. The van der Waals surface area contributed by atoms with Gasteiger partial charge >= 0.3 is 0 Å². The summed E-state index contributed by atoms with van der Waals surface area (Å²) in [5, 5.41) is 10.9. The maximum atomic E-state index is 12.7. The average molecular weight is 455 g/mol. The van der Waals surface area contributed by atoms with Crippen molar-refractivity contribution in [3.05, 3.63) is 64.7 Å². The normalized spacial score (nSPS) is 19.1. The molecule has 5 nitrogen and oxygen atoms in total. The standard InChI is InChI=1S/C26H31ClN2O3/c27-24-17-23(7-6-22(24)18-30)28-12-8-19(9-13-28)16-20-10-14-29(15-11-20)26(32)25(31)21-4-2-1-3-5-21/h1-7,17-20,25,31H,8-16H2. The van der Waals surface area contributed by atoms with E-state index >= 15 is 0 Å². The number of aldehydes is 1. The Hall–Kier alpha value is -2.37. The number of hydrogen-bond donors (Lipinski definition) is 1. The maximum absolute atomic E-state index is 12.7. The number of nitrogens with zero attached hydrogens (tertiary/aromatic N) is 2. The van der Waals surface area contributed by atoms with Gasteiger partial charge in [0.05, 0.1) is 5.02 Å². The number of anilines is 1. The summed E-state index contributed by atoms with van der Waals surface area (Å²) in [6, 6.07) is 14.8. The highest BCUT2D eigenvalue weighted by atomic mass is 35.5. The molecule has 32 heavy (non-hydrogen) atoms. The number of carbonyl (C=O) groups is 2. The quantitative estimate of drug-likeness (QED) is 0.641. The van der Waals surface area contributed by atoms with Gasteiger partial charge in [-0.05, 0) is 67.7 Å². The van der Waals surface area contributed by atoms with E-state index in [4.69, 9.17) is 11.6 Å². The number of aliphatic hydroxyl groups is 1. The van der Waals surface area contributed by atoms with Crippen molar-refractivity contribution in [1.82, 2.24) is 4.90 Å². The molecule has 2 aliphatic rings. The molecule has 2 aromatic rings. The van der Waals surface area contributed by atoms with Gasteiger partial charge in [0.15, 0.2) is 12.4 Å². The van der Waals surface area contributed by atoms with E-state index in [1.54, 1.807) is 18.2 Å². The third-order valence-corrected chi connectivity index (χ3v) is 7.36. The number of aliphatic hydroxyl groups excluding tert-OH is 1. The average Bonchev–Trinajstić information content (AvgIpc) is 2.84. The van der Waals surface area contributed by atoms with Crippen molar-refractivity contribution in [2.45, 2.75) is 38.2 Å². The van der Waals surface area contributed by atoms with Gasteiger partial charge in [0.2, 0.25) is 0 Å². The molecule has 0 aliphatic carbocycles. The highest BCUT2D eigenvalue weighted by Gasteiger charge is 2.30. The molecule has 1 amide bonds. The molecule has 2 aliphatic heterocycles. The van der Waals surface area contributed by atoms with Crippen LogP contribution in [-0.4, -0.2) is 48.4 Å². The Morgan fingerprint density at radius 3 is 2.22 bits per heavy atom. The summed E-state index contributed by atoms with van der Waals surface area (Å²) in [7, 11) is 0. The van der Waals surface area contributed by atoms with Crippen LogP contribution in [0.4, 0.5) is 5.69 Å². The minimum atomic E-state index is -1.06. The van der Waals surface area contributed by atoms with Gasteiger partial charge in [-0.1, -0.05) is 41.9 Å². The predicted molar refractivity (Wildman–Crippen MR) is 127 cm³/mol. The molecule has 0 spiro atoms. The Morgan fingerprint density at radius 1 is 1.00 bits per heavy atom. The number of halogens is 1. The second kappa shape index (κ2) is 10.5. The summed E-state index contributed by atoms with van der Waals surface area (Å²) in [5.41, 5.74) is 2.28. The fraction of sp³-hybridized carbons (Fsp3) is 0.462. The van der Waals surface area contributed by atoms with Crippen LogP contribution in [0.3, 0.4) is 0 Å². The Balaban J connectivity index is 1.22. The number of benzene rings is 2. The Morgan fingerprint density at radius 2 is 1.62 bits per heavy atom. The lowest BCUT2D eigenvalue weighted by Crippen LogP contribution is -2.42. The lowest BCUT2D eigenvalue weighted by molar-refractivity contribution is -0.142. The van der Waals surface area contributed by atoms with Gasteiger partial charge in [0.25, 0.3) is 5.91 Å². The molecule has 2 heterocycles. The van der Waals surface area contributed by atoms with Gasteiger partial charge in [0.1, 0.15) is 0 Å². The van der Waals surface area contributed by atoms with Crippen LogP contribution in [0.5, 0.6) is 0 Å². The van der Waals surface area contributed by atoms with Crippen molar-refractivity contribution in [3.8, 4) is 0 Å². The molecule has 0 radical (unpaired) electrons. The highest BCUT2D eigenvalue weighted by molar-refractivity contribution is 6.33. The summed E-state index contributed by atoms with van der Waals surface area (Å²) in [6.45, 7) is 3.46. The van der Waals surface area contributed by atoms with E-state index in [1.807, 2.05) is 35.2 Å². The van der Waals surface area contributed by atoms with Gasteiger partial charge in [-0.2, -0.15) is 0 Å². The first kappa shape index (κ1) is 22.8. The van der Waals surface area contributed by atoms with Crippen LogP contribution < -0.4 is 4.90 Å². The monoisotopic (exact) mass is 454 g/mol. The number of rotatable bonds is 6. The van der Waals surface area contributed by atoms with Crippen LogP contribution in [0.15, 0.2) is 48.5 Å². The molecule has 6 heteroatoms. The molecule has 4 rings (SSSR count). The first-order valence-corrected chi connectivity index (χ1v) is 11.9. The van der Waals surface area contributed by atoms with Crippen LogP contribution in [-0.2, 0) is 4.79 Å². The Labute approximate surface area is 195 Å². The SMILES string of the molecule is O=Cc1ccc(N2CCC(CC3CCN(C(=O)C(O)c4ccccc4)CC3)CC2)cc1Cl. The molecule has 1 N–H and O–H groups in total. The van der Waals surface area contributed by atoms with Crippen molar-refractivity contribution in [2.75, 3.05) is 31.1 Å². The topological polar surface area (TPSA) is 60.9 Å². The Bertz CT molecular complexity index is 920. The van der Waals surface area contributed by atoms with Gasteiger partial charge in [0, 0.05) is 37.4 Å². The minimum Gasteiger partial charge on any atom is -0.378 e. The molecule has 2 aromatic carbocycles. The molecule has 1 unspecified atom stereocenters. The van der Waals surface area contributed by atoms with Crippen LogP contribution in [0.25, 0.3) is 0 Å². The van der Waals surface area contributed by atoms with Crippen molar-refractivity contribution in [2.24, 2.45) is 11.8 Å². The van der Waals surface area contributed by atoms with Crippen LogP contribution in [0.1, 0.15) is 54.1 Å². The second-order valence-electron chi connectivity index (χ2n) is 9.07. The molecular formula is C26H31ClN2O3. The van der Waals surface area contributed by atoms with Crippen LogP contribution >= 0.6 is 11.6 Å². The first-order valence-electron chi connectivity index (χ1n) is 11.6. The predicted octanol–water partition coefficient (Wildman–Crippen LogP) is 4.73. The fourth-order valence-corrected chi connectivity index (χ4v) is 5.27. The number of piperidine rings is 2. The molecule has 0 saturated carbocycles. The number of likely N-dealkylation sites (tertiary alicyclic amines) is 1. The second-order valence-corrected chi connectivity index (χ2v) is 9.48. The van der Waals surface area contributed by atoms with E-state index < -0.39 is 6.10 Å². The van der Waals surface area contributed by atoms with Gasteiger partial charge in [-0.15, -0.1) is 0 Å². The van der Waals surface area contributed by atoms with Gasteiger partial charge in [-0.25, -0.2) is 0 Å². The van der Waals surface area contributed by atoms with Crippen LogP contribution in [0, 0.1) is 11.8 Å². The number of carbonyl (C=O) groups excluding carboxylic acids is 2. The maximum Gasteiger partial charge on any atom is 0.256 e. The van der Waals surface area contributed by atoms with E-state index in [1.165, 1.54) is 6.42 Å². The third-order valence-electron chi connectivity index (χ3n) is 7.03. The van der Waals surface area contributed by atoms with E-state index in [0.29, 0.717) is 28.0 Å². The lowest BCUT2D eigenvalue weighted by Gasteiger charge is -2.38. The molecule has 0 bridgehead atoms. The zero-order valence-electron chi connectivity index (χ0n) is 18.3. The summed E-state index contributed by atoms with van der Waals surface area (Å²) in [4.78, 5) is 27.8. The van der Waals surface area contributed by atoms with E-state index in [2.05, 4.69) is 4.90 Å². The summed E-state index contributed by atoms with van der Waals surface area (Å²) < 4.78 is 0. The van der Waals surface area contributed by atoms with Gasteiger partial charge in [-0.3, -0.25) is 9.59 Å². The minimum absolute atomic E-state index is 0.179. The molecular weight excluding hydrogens is 424 g/mol. The highest BCUT2D eigenvalue weighted by Crippen LogP contribution is 2.33. The molecule has 170 valence electrons. The summed E-state index contributed by atoms with van der Waals surface area (Å²) >= 11 is 6.19. The van der Waals surface area contributed by atoms with Crippen molar-refractivity contribution in [1.29, 1.82) is 0 Å². The Kier molecular flexibility index (Phi) is 7.48. The molecule has 0 aromatic heterocycles. The largest absolute Gasteiger partial charge is 0.378 e. The van der Waals surface area contributed by atoms with Crippen molar-refractivity contribution < 1.29 is 14.7 Å². The molecule has 1 atom stereocenters. The third kappa shape index (κ3) is 5.33. The summed E-state index contributed by atoms with van der Waals surface area (Å²) in [6.07, 6.45) is 5.26. The van der Waals surface area contributed by atoms with Crippen molar-refractivity contribution in [3.63, 3.8) is 0 Å². The molecule has 2 fully saturated rings. The number of amides is 1. The van der Waals surface area contributed by atoms with Gasteiger partial charge < -0.3 is 14.9 Å². The van der Waals surface area contributed by atoms with E-state index in [-0.39, 0.29) is 5.91 Å². The zero-order valence-corrected chi connectivity index (χ0v) is 19.1. The van der Waals surface area contributed by atoms with Crippen LogP contribution in [0.2, 0.25) is 5.02 Å². The van der Waals surface area contributed by atoms with E-state index in [0.717, 1.165) is 63.8 Å². The van der Waals surface area contributed by atoms with Crippen molar-refractivity contribution >= 4 is 29.5 Å². The molecule has 2 saturated heterocycles. The zero-order chi connectivity index (χ0) is 22.5.